The number of hydrazone groups is 1. The standard InChI is InChI=1S/C28H24N2O5/c1-19-13-14-20(26(31)34-2)17-24(19)25-16-15-23(35-25)18-29-30-27(32)28(33,21-9-5-3-6-10-21)22-11-7-4-8-12-22/h3-18,33H,1-2H3,(H,30,32)/b29-18+. The van der Waals surface area contributed by atoms with E-state index in [-0.39, 0.29) is 0 Å². The van der Waals surface area contributed by atoms with E-state index in [9.17, 15) is 14.7 Å². The minimum absolute atomic E-state index is 0.381. The highest BCUT2D eigenvalue weighted by atomic mass is 16.5. The number of carbonyl (C=O) groups is 2. The molecular formula is C28H24N2O5. The van der Waals surface area contributed by atoms with Crippen molar-refractivity contribution in [3.63, 3.8) is 0 Å². The van der Waals surface area contributed by atoms with Crippen LogP contribution >= 0.6 is 0 Å². The van der Waals surface area contributed by atoms with Gasteiger partial charge in [0.15, 0.2) is 5.60 Å². The first-order chi connectivity index (χ1) is 16.9. The number of furan rings is 1. The van der Waals surface area contributed by atoms with Crippen LogP contribution in [0.4, 0.5) is 0 Å². The number of benzene rings is 3. The first-order valence-electron chi connectivity index (χ1n) is 10.9. The normalized spacial score (nSPS) is 11.4. The topological polar surface area (TPSA) is 101 Å². The Labute approximate surface area is 202 Å². The molecule has 0 aliphatic rings. The van der Waals surface area contributed by atoms with E-state index in [1.807, 2.05) is 25.1 Å². The third-order valence-electron chi connectivity index (χ3n) is 5.62. The lowest BCUT2D eigenvalue weighted by Crippen LogP contribution is -2.43. The van der Waals surface area contributed by atoms with E-state index in [2.05, 4.69) is 10.5 Å². The van der Waals surface area contributed by atoms with Crippen molar-refractivity contribution in [1.82, 2.24) is 5.43 Å². The van der Waals surface area contributed by atoms with Gasteiger partial charge in [-0.25, -0.2) is 10.2 Å². The second kappa shape index (κ2) is 10.2. The van der Waals surface area contributed by atoms with E-state index in [1.54, 1.807) is 72.8 Å². The van der Waals surface area contributed by atoms with E-state index in [0.29, 0.717) is 28.2 Å². The summed E-state index contributed by atoms with van der Waals surface area (Å²) in [6, 6.07) is 26.0. The molecule has 0 saturated carbocycles. The van der Waals surface area contributed by atoms with Crippen LogP contribution < -0.4 is 5.43 Å². The molecule has 1 heterocycles. The highest BCUT2D eigenvalue weighted by Crippen LogP contribution is 2.30. The number of nitrogens with one attached hydrogen (secondary N) is 1. The van der Waals surface area contributed by atoms with Gasteiger partial charge in [0, 0.05) is 5.56 Å². The fourth-order valence-corrected chi connectivity index (χ4v) is 3.72. The molecule has 0 spiro atoms. The Hall–Kier alpha value is -4.49. The Kier molecular flexibility index (Phi) is 6.89. The molecule has 1 aromatic heterocycles. The summed E-state index contributed by atoms with van der Waals surface area (Å²) in [4.78, 5) is 25.0. The number of esters is 1. The van der Waals surface area contributed by atoms with Crippen molar-refractivity contribution in [1.29, 1.82) is 0 Å². The summed E-state index contributed by atoms with van der Waals surface area (Å²) < 4.78 is 10.6. The molecule has 7 heteroatoms. The van der Waals surface area contributed by atoms with Gasteiger partial charge >= 0.3 is 5.97 Å². The van der Waals surface area contributed by atoms with Gasteiger partial charge in [0.25, 0.3) is 5.91 Å². The molecule has 4 rings (SSSR count). The van der Waals surface area contributed by atoms with Crippen molar-refractivity contribution < 1.29 is 23.8 Å². The average Bonchev–Trinajstić information content (AvgIpc) is 3.37. The van der Waals surface area contributed by atoms with Gasteiger partial charge in [-0.15, -0.1) is 0 Å². The number of rotatable bonds is 7. The zero-order valence-corrected chi connectivity index (χ0v) is 19.3. The predicted octanol–water partition coefficient (Wildman–Crippen LogP) is 4.43. The Balaban J connectivity index is 1.55. The number of amides is 1. The van der Waals surface area contributed by atoms with Crippen molar-refractivity contribution in [2.45, 2.75) is 12.5 Å². The highest BCUT2D eigenvalue weighted by molar-refractivity contribution is 5.92. The third kappa shape index (κ3) is 4.90. The first-order valence-corrected chi connectivity index (χ1v) is 10.9. The van der Waals surface area contributed by atoms with Crippen LogP contribution in [0.5, 0.6) is 0 Å². The summed E-state index contributed by atoms with van der Waals surface area (Å²) in [6.45, 7) is 1.90. The quantitative estimate of drug-likeness (QED) is 0.237. The summed E-state index contributed by atoms with van der Waals surface area (Å²) in [5.41, 5.74) is 3.38. The Morgan fingerprint density at radius 3 is 2.17 bits per heavy atom. The van der Waals surface area contributed by atoms with Crippen LogP contribution in [-0.2, 0) is 15.1 Å². The van der Waals surface area contributed by atoms with Crippen LogP contribution in [0.1, 0.15) is 32.8 Å². The van der Waals surface area contributed by atoms with Gasteiger partial charge in [-0.2, -0.15) is 5.10 Å². The minimum atomic E-state index is -1.93. The maximum absolute atomic E-state index is 13.1. The summed E-state index contributed by atoms with van der Waals surface area (Å²) >= 11 is 0. The van der Waals surface area contributed by atoms with Crippen molar-refractivity contribution in [2.75, 3.05) is 7.11 Å². The molecule has 3 aromatic carbocycles. The minimum Gasteiger partial charge on any atom is -0.465 e. The second-order valence-corrected chi connectivity index (χ2v) is 7.86. The molecule has 4 aromatic rings. The molecule has 0 aliphatic carbocycles. The van der Waals surface area contributed by atoms with Crippen LogP contribution in [0.15, 0.2) is 101 Å². The van der Waals surface area contributed by atoms with Crippen LogP contribution in [0.25, 0.3) is 11.3 Å². The number of aryl methyl sites for hydroxylation is 1. The number of hydrogen-bond donors (Lipinski definition) is 2. The van der Waals surface area contributed by atoms with Gasteiger partial charge < -0.3 is 14.3 Å². The molecule has 0 saturated heterocycles. The van der Waals surface area contributed by atoms with Crippen molar-refractivity contribution >= 4 is 18.1 Å². The van der Waals surface area contributed by atoms with Gasteiger partial charge in [0.05, 0.1) is 18.9 Å². The lowest BCUT2D eigenvalue weighted by Gasteiger charge is -2.26. The van der Waals surface area contributed by atoms with Gasteiger partial charge in [0.1, 0.15) is 11.5 Å². The molecule has 0 atom stereocenters. The molecule has 0 fully saturated rings. The Morgan fingerprint density at radius 2 is 1.57 bits per heavy atom. The van der Waals surface area contributed by atoms with E-state index in [4.69, 9.17) is 9.15 Å². The van der Waals surface area contributed by atoms with Crippen LogP contribution in [0.2, 0.25) is 0 Å². The summed E-state index contributed by atoms with van der Waals surface area (Å²) in [5.74, 6) is -0.233. The molecule has 2 N–H and O–H groups in total. The molecule has 0 bridgehead atoms. The maximum Gasteiger partial charge on any atom is 0.337 e. The number of ether oxygens (including phenoxy) is 1. The number of nitrogens with zero attached hydrogens (tertiary/aromatic N) is 1. The Morgan fingerprint density at radius 1 is 0.943 bits per heavy atom. The van der Waals surface area contributed by atoms with Crippen LogP contribution in [0.3, 0.4) is 0 Å². The predicted molar refractivity (Wildman–Crippen MR) is 132 cm³/mol. The number of hydrogen-bond acceptors (Lipinski definition) is 6. The largest absolute Gasteiger partial charge is 0.465 e. The molecule has 1 amide bonds. The smallest absolute Gasteiger partial charge is 0.337 e. The molecule has 7 nitrogen and oxygen atoms in total. The van der Waals surface area contributed by atoms with Crippen molar-refractivity contribution in [3.8, 4) is 11.3 Å². The van der Waals surface area contributed by atoms with E-state index < -0.39 is 17.5 Å². The fraction of sp³-hybridized carbons (Fsp3) is 0.107. The fourth-order valence-electron chi connectivity index (χ4n) is 3.72. The number of methoxy groups -OCH3 is 1. The monoisotopic (exact) mass is 468 g/mol. The lowest BCUT2D eigenvalue weighted by molar-refractivity contribution is -0.136. The highest BCUT2D eigenvalue weighted by Gasteiger charge is 2.39. The zero-order valence-electron chi connectivity index (χ0n) is 19.3. The van der Waals surface area contributed by atoms with Gasteiger partial charge in [-0.05, 0) is 47.9 Å². The SMILES string of the molecule is COC(=O)c1ccc(C)c(-c2ccc(/C=N/NC(=O)C(O)(c3ccccc3)c3ccccc3)o2)c1. The summed E-state index contributed by atoms with van der Waals surface area (Å²) in [5, 5.41) is 15.4. The molecule has 0 unspecified atom stereocenters. The summed E-state index contributed by atoms with van der Waals surface area (Å²) in [7, 11) is 1.33. The summed E-state index contributed by atoms with van der Waals surface area (Å²) in [6.07, 6.45) is 1.34. The van der Waals surface area contributed by atoms with Crippen LogP contribution in [-0.4, -0.2) is 30.3 Å². The van der Waals surface area contributed by atoms with Gasteiger partial charge in [-0.1, -0.05) is 66.7 Å². The van der Waals surface area contributed by atoms with E-state index >= 15 is 0 Å². The van der Waals surface area contributed by atoms with Crippen LogP contribution in [0, 0.1) is 6.92 Å². The molecule has 176 valence electrons. The van der Waals surface area contributed by atoms with Gasteiger partial charge in [-0.3, -0.25) is 4.79 Å². The third-order valence-corrected chi connectivity index (χ3v) is 5.62. The maximum atomic E-state index is 13.1. The number of aliphatic hydroxyl groups is 1. The molecular weight excluding hydrogens is 444 g/mol. The zero-order chi connectivity index (χ0) is 24.8. The molecule has 0 aliphatic heterocycles. The van der Waals surface area contributed by atoms with Crippen molar-refractivity contribution in [2.24, 2.45) is 5.10 Å². The molecule has 0 radical (unpaired) electrons. The first kappa shape index (κ1) is 23.7. The van der Waals surface area contributed by atoms with E-state index in [1.165, 1.54) is 13.3 Å². The van der Waals surface area contributed by atoms with Crippen molar-refractivity contribution in [3.05, 3.63) is 119 Å². The Bertz CT molecular complexity index is 1320. The second-order valence-electron chi connectivity index (χ2n) is 7.86. The molecule has 35 heavy (non-hydrogen) atoms. The van der Waals surface area contributed by atoms with Gasteiger partial charge in [0.2, 0.25) is 0 Å². The number of carbonyl (C=O) groups excluding carboxylic acids is 2. The van der Waals surface area contributed by atoms with E-state index in [0.717, 1.165) is 11.1 Å². The lowest BCUT2D eigenvalue weighted by atomic mass is 9.85. The average molecular weight is 469 g/mol.